The van der Waals surface area contributed by atoms with Crippen LogP contribution in [0.1, 0.15) is 12.8 Å². The molecule has 5 nitrogen and oxygen atoms in total. The van der Waals surface area contributed by atoms with Crippen LogP contribution in [0.15, 0.2) is 24.3 Å². The monoisotopic (exact) mass is 254 g/mol. The Hall–Kier alpha value is -1.66. The summed E-state index contributed by atoms with van der Waals surface area (Å²) in [6.07, 6.45) is 0.717. The molecule has 0 saturated carbocycles. The SMILES string of the molecule is NNC(=O)C1CCC(COc2ccc(F)cc2)O1. The summed E-state index contributed by atoms with van der Waals surface area (Å²) in [7, 11) is 0. The Labute approximate surface area is 104 Å². The highest BCUT2D eigenvalue weighted by Gasteiger charge is 2.30. The van der Waals surface area contributed by atoms with Crippen LogP contribution in [0.4, 0.5) is 4.39 Å². The van der Waals surface area contributed by atoms with Gasteiger partial charge in [0.05, 0.1) is 6.10 Å². The molecule has 0 aliphatic carbocycles. The van der Waals surface area contributed by atoms with Gasteiger partial charge in [-0.3, -0.25) is 10.2 Å². The number of benzene rings is 1. The van der Waals surface area contributed by atoms with Crippen molar-refractivity contribution in [3.05, 3.63) is 30.1 Å². The topological polar surface area (TPSA) is 73.6 Å². The van der Waals surface area contributed by atoms with Gasteiger partial charge in [0.15, 0.2) is 0 Å². The molecule has 1 aromatic carbocycles. The van der Waals surface area contributed by atoms with Crippen molar-refractivity contribution in [3.8, 4) is 5.75 Å². The molecular formula is C12H15FN2O3. The third kappa shape index (κ3) is 3.18. The first-order valence-corrected chi connectivity index (χ1v) is 5.73. The van der Waals surface area contributed by atoms with Gasteiger partial charge in [0.2, 0.25) is 0 Å². The zero-order valence-corrected chi connectivity index (χ0v) is 9.77. The molecule has 1 aliphatic rings. The second-order valence-electron chi connectivity index (χ2n) is 4.10. The van der Waals surface area contributed by atoms with E-state index in [0.717, 1.165) is 6.42 Å². The number of nitrogens with one attached hydrogen (secondary N) is 1. The molecular weight excluding hydrogens is 239 g/mol. The number of ether oxygens (including phenoxy) is 2. The zero-order valence-electron chi connectivity index (χ0n) is 9.77. The number of hydrogen-bond acceptors (Lipinski definition) is 4. The van der Waals surface area contributed by atoms with Crippen molar-refractivity contribution in [1.29, 1.82) is 0 Å². The molecule has 1 aliphatic heterocycles. The van der Waals surface area contributed by atoms with Crippen LogP contribution in [-0.4, -0.2) is 24.7 Å². The van der Waals surface area contributed by atoms with Crippen molar-refractivity contribution in [1.82, 2.24) is 5.43 Å². The summed E-state index contributed by atoms with van der Waals surface area (Å²) in [4.78, 5) is 11.2. The Morgan fingerprint density at radius 2 is 2.17 bits per heavy atom. The van der Waals surface area contributed by atoms with Crippen LogP contribution < -0.4 is 16.0 Å². The van der Waals surface area contributed by atoms with E-state index >= 15 is 0 Å². The van der Waals surface area contributed by atoms with Crippen LogP contribution in [0.2, 0.25) is 0 Å². The molecule has 1 heterocycles. The van der Waals surface area contributed by atoms with E-state index in [2.05, 4.69) is 5.43 Å². The first kappa shape index (κ1) is 12.8. The standard InChI is InChI=1S/C12H15FN2O3/c13-8-1-3-9(4-2-8)17-7-10-5-6-11(18-10)12(16)15-14/h1-4,10-11H,5-7,14H2,(H,15,16). The van der Waals surface area contributed by atoms with Gasteiger partial charge in [-0.2, -0.15) is 0 Å². The number of nitrogens with two attached hydrogens (primary N) is 1. The maximum atomic E-state index is 12.7. The van der Waals surface area contributed by atoms with Gasteiger partial charge in [-0.15, -0.1) is 0 Å². The number of rotatable bonds is 4. The summed E-state index contributed by atoms with van der Waals surface area (Å²) >= 11 is 0. The molecule has 1 saturated heterocycles. The van der Waals surface area contributed by atoms with Crippen molar-refractivity contribution in [2.24, 2.45) is 5.84 Å². The summed E-state index contributed by atoms with van der Waals surface area (Å²) in [6.45, 7) is 0.333. The van der Waals surface area contributed by atoms with E-state index in [4.69, 9.17) is 15.3 Å². The highest BCUT2D eigenvalue weighted by atomic mass is 19.1. The molecule has 6 heteroatoms. The van der Waals surface area contributed by atoms with Crippen molar-refractivity contribution >= 4 is 5.91 Å². The predicted molar refractivity (Wildman–Crippen MR) is 62.1 cm³/mol. The fraction of sp³-hybridized carbons (Fsp3) is 0.417. The fourth-order valence-corrected chi connectivity index (χ4v) is 1.83. The lowest BCUT2D eigenvalue weighted by atomic mass is 10.2. The minimum atomic E-state index is -0.503. The summed E-state index contributed by atoms with van der Waals surface area (Å²) in [5.74, 6) is 4.98. The van der Waals surface area contributed by atoms with Crippen molar-refractivity contribution in [2.75, 3.05) is 6.61 Å². The van der Waals surface area contributed by atoms with E-state index in [1.807, 2.05) is 0 Å². The summed E-state index contributed by atoms with van der Waals surface area (Å²) in [6, 6.07) is 5.76. The molecule has 0 spiro atoms. The number of carbonyl (C=O) groups excluding carboxylic acids is 1. The Bertz CT molecular complexity index is 410. The first-order valence-electron chi connectivity index (χ1n) is 5.73. The Kier molecular flexibility index (Phi) is 4.11. The van der Waals surface area contributed by atoms with Crippen LogP contribution >= 0.6 is 0 Å². The van der Waals surface area contributed by atoms with E-state index in [9.17, 15) is 9.18 Å². The number of halogens is 1. The molecule has 0 aromatic heterocycles. The van der Waals surface area contributed by atoms with E-state index in [-0.39, 0.29) is 17.8 Å². The minimum Gasteiger partial charge on any atom is -0.491 e. The second kappa shape index (κ2) is 5.79. The molecule has 1 aromatic rings. The average Bonchev–Trinajstić information content (AvgIpc) is 2.86. The highest BCUT2D eigenvalue weighted by Crippen LogP contribution is 2.21. The van der Waals surface area contributed by atoms with Crippen molar-refractivity contribution < 1.29 is 18.7 Å². The number of hydrogen-bond donors (Lipinski definition) is 2. The third-order valence-electron chi connectivity index (χ3n) is 2.79. The van der Waals surface area contributed by atoms with Crippen molar-refractivity contribution in [3.63, 3.8) is 0 Å². The number of carbonyl (C=O) groups is 1. The maximum absolute atomic E-state index is 12.7. The normalized spacial score (nSPS) is 22.8. The van der Waals surface area contributed by atoms with E-state index in [0.29, 0.717) is 18.8 Å². The lowest BCUT2D eigenvalue weighted by Gasteiger charge is -2.13. The van der Waals surface area contributed by atoms with Gasteiger partial charge < -0.3 is 9.47 Å². The molecule has 3 N–H and O–H groups in total. The first-order chi connectivity index (χ1) is 8.69. The molecule has 0 radical (unpaired) electrons. The van der Waals surface area contributed by atoms with Gasteiger partial charge in [-0.25, -0.2) is 10.2 Å². The fourth-order valence-electron chi connectivity index (χ4n) is 1.83. The average molecular weight is 254 g/mol. The van der Waals surface area contributed by atoms with Gasteiger partial charge in [0.25, 0.3) is 5.91 Å². The largest absolute Gasteiger partial charge is 0.491 e. The van der Waals surface area contributed by atoms with Crippen LogP contribution in [0.25, 0.3) is 0 Å². The molecule has 2 unspecified atom stereocenters. The van der Waals surface area contributed by atoms with Crippen molar-refractivity contribution in [2.45, 2.75) is 25.0 Å². The van der Waals surface area contributed by atoms with E-state index in [1.54, 1.807) is 12.1 Å². The predicted octanol–water partition coefficient (Wildman–Crippen LogP) is 0.742. The smallest absolute Gasteiger partial charge is 0.263 e. The second-order valence-corrected chi connectivity index (χ2v) is 4.10. The van der Waals surface area contributed by atoms with Gasteiger partial charge in [0, 0.05) is 0 Å². The van der Waals surface area contributed by atoms with Crippen LogP contribution in [0, 0.1) is 5.82 Å². The Morgan fingerprint density at radius 1 is 1.44 bits per heavy atom. The minimum absolute atomic E-state index is 0.141. The summed E-state index contributed by atoms with van der Waals surface area (Å²) in [5, 5.41) is 0. The van der Waals surface area contributed by atoms with Gasteiger partial charge in [0.1, 0.15) is 24.3 Å². The van der Waals surface area contributed by atoms with Gasteiger partial charge in [-0.1, -0.05) is 0 Å². The number of hydrazine groups is 1. The molecule has 18 heavy (non-hydrogen) atoms. The number of amides is 1. The Morgan fingerprint density at radius 3 is 2.83 bits per heavy atom. The molecule has 98 valence electrons. The van der Waals surface area contributed by atoms with E-state index in [1.165, 1.54) is 12.1 Å². The quantitative estimate of drug-likeness (QED) is 0.472. The van der Waals surface area contributed by atoms with Crippen LogP contribution in [0.3, 0.4) is 0 Å². The van der Waals surface area contributed by atoms with Crippen LogP contribution in [0.5, 0.6) is 5.75 Å². The van der Waals surface area contributed by atoms with E-state index < -0.39 is 6.10 Å². The lowest BCUT2D eigenvalue weighted by Crippen LogP contribution is -2.39. The molecule has 2 rings (SSSR count). The maximum Gasteiger partial charge on any atom is 0.263 e. The zero-order chi connectivity index (χ0) is 13.0. The third-order valence-corrected chi connectivity index (χ3v) is 2.79. The lowest BCUT2D eigenvalue weighted by molar-refractivity contribution is -0.132. The molecule has 0 bridgehead atoms. The molecule has 1 fully saturated rings. The summed E-state index contributed by atoms with van der Waals surface area (Å²) in [5.41, 5.74) is 2.06. The highest BCUT2D eigenvalue weighted by molar-refractivity contribution is 5.80. The molecule has 1 amide bonds. The van der Waals surface area contributed by atoms with Gasteiger partial charge in [-0.05, 0) is 37.1 Å². The van der Waals surface area contributed by atoms with Crippen LogP contribution in [-0.2, 0) is 9.53 Å². The van der Waals surface area contributed by atoms with Gasteiger partial charge >= 0.3 is 0 Å². The Balaban J connectivity index is 1.78. The molecule has 2 atom stereocenters. The summed E-state index contributed by atoms with van der Waals surface area (Å²) < 4.78 is 23.6.